The predicted octanol–water partition coefficient (Wildman–Crippen LogP) is 10.5. The first kappa shape index (κ1) is 26.2. The third kappa shape index (κ3) is 4.47. The standard InChI is InChI=1S/C42H26N4/c1-3-10-29(11-4-1)40-44-41(30-12-5-2-6-13-30)46-42(45-40)33-20-24-38(43-26-33)32-19-21-35-31(25-32)16-15-28-18-22-36-34-14-8-7-9-27(34)17-23-37(36)39(28)35/h1-26H. The van der Waals surface area contributed by atoms with Crippen molar-refractivity contribution in [1.82, 2.24) is 19.9 Å². The quantitative estimate of drug-likeness (QED) is 0.193. The molecule has 0 aliphatic heterocycles. The fourth-order valence-corrected chi connectivity index (χ4v) is 6.45. The molecule has 2 aromatic heterocycles. The maximum atomic E-state index is 4.88. The average molecular weight is 587 g/mol. The molecule has 0 N–H and O–H groups in total. The normalized spacial score (nSPS) is 11.5. The Morgan fingerprint density at radius 1 is 0.326 bits per heavy atom. The van der Waals surface area contributed by atoms with Crippen molar-refractivity contribution in [1.29, 1.82) is 0 Å². The highest BCUT2D eigenvalue weighted by atomic mass is 15.0. The minimum atomic E-state index is 0.594. The van der Waals surface area contributed by atoms with E-state index in [0.717, 1.165) is 27.9 Å². The molecule has 0 radical (unpaired) electrons. The number of rotatable bonds is 4. The summed E-state index contributed by atoms with van der Waals surface area (Å²) in [6.07, 6.45) is 1.86. The minimum absolute atomic E-state index is 0.594. The maximum Gasteiger partial charge on any atom is 0.165 e. The molecule has 0 saturated carbocycles. The van der Waals surface area contributed by atoms with Crippen LogP contribution in [0, 0.1) is 0 Å². The van der Waals surface area contributed by atoms with E-state index in [2.05, 4.69) is 78.9 Å². The molecule has 46 heavy (non-hydrogen) atoms. The van der Waals surface area contributed by atoms with Crippen LogP contribution >= 0.6 is 0 Å². The van der Waals surface area contributed by atoms with Crippen molar-refractivity contribution in [3.05, 3.63) is 158 Å². The van der Waals surface area contributed by atoms with Crippen LogP contribution in [0.25, 0.3) is 88.5 Å². The van der Waals surface area contributed by atoms with Crippen LogP contribution in [0.2, 0.25) is 0 Å². The Morgan fingerprint density at radius 2 is 0.891 bits per heavy atom. The third-order valence-electron chi connectivity index (χ3n) is 8.74. The molecule has 4 nitrogen and oxygen atoms in total. The lowest BCUT2D eigenvalue weighted by molar-refractivity contribution is 1.07. The van der Waals surface area contributed by atoms with Crippen LogP contribution in [0.15, 0.2) is 158 Å². The van der Waals surface area contributed by atoms with Crippen molar-refractivity contribution < 1.29 is 0 Å². The van der Waals surface area contributed by atoms with E-state index in [9.17, 15) is 0 Å². The summed E-state index contributed by atoms with van der Waals surface area (Å²) in [5.41, 5.74) is 4.69. The minimum Gasteiger partial charge on any atom is -0.255 e. The largest absolute Gasteiger partial charge is 0.255 e. The van der Waals surface area contributed by atoms with Crippen molar-refractivity contribution in [3.8, 4) is 45.4 Å². The molecule has 0 amide bonds. The second-order valence-corrected chi connectivity index (χ2v) is 11.5. The highest BCUT2D eigenvalue weighted by Gasteiger charge is 2.14. The molecular weight excluding hydrogens is 560 g/mol. The van der Waals surface area contributed by atoms with E-state index < -0.39 is 0 Å². The van der Waals surface area contributed by atoms with Crippen LogP contribution in [-0.4, -0.2) is 19.9 Å². The Bertz CT molecular complexity index is 2500. The number of hydrogen-bond donors (Lipinski definition) is 0. The van der Waals surface area contributed by atoms with E-state index in [1.807, 2.05) is 79.0 Å². The number of aromatic nitrogens is 4. The lowest BCUT2D eigenvalue weighted by Gasteiger charge is -2.12. The van der Waals surface area contributed by atoms with Gasteiger partial charge in [0.2, 0.25) is 0 Å². The van der Waals surface area contributed by atoms with Crippen LogP contribution < -0.4 is 0 Å². The van der Waals surface area contributed by atoms with E-state index in [1.54, 1.807) is 0 Å². The Balaban J connectivity index is 1.12. The highest BCUT2D eigenvalue weighted by Crippen LogP contribution is 2.37. The molecule has 0 aliphatic rings. The van der Waals surface area contributed by atoms with Gasteiger partial charge in [0.15, 0.2) is 17.5 Å². The van der Waals surface area contributed by atoms with Crippen molar-refractivity contribution in [2.75, 3.05) is 0 Å². The van der Waals surface area contributed by atoms with Crippen molar-refractivity contribution in [2.45, 2.75) is 0 Å². The van der Waals surface area contributed by atoms with Gasteiger partial charge in [0.05, 0.1) is 5.69 Å². The number of nitrogens with zero attached hydrogens (tertiary/aromatic N) is 4. The smallest absolute Gasteiger partial charge is 0.165 e. The Kier molecular flexibility index (Phi) is 6.10. The second-order valence-electron chi connectivity index (χ2n) is 11.5. The van der Waals surface area contributed by atoms with E-state index in [-0.39, 0.29) is 0 Å². The topological polar surface area (TPSA) is 51.6 Å². The van der Waals surface area contributed by atoms with Gasteiger partial charge in [0, 0.05) is 28.5 Å². The van der Waals surface area contributed by atoms with E-state index in [4.69, 9.17) is 19.9 Å². The SMILES string of the molecule is c1ccc(-c2nc(-c3ccccc3)nc(-c3ccc(-c4ccc5c(ccc6ccc7c8ccccc8ccc7c65)c4)nc3)n2)cc1. The zero-order chi connectivity index (χ0) is 30.5. The molecule has 2 heterocycles. The van der Waals surface area contributed by atoms with Crippen molar-refractivity contribution in [2.24, 2.45) is 0 Å². The van der Waals surface area contributed by atoms with Gasteiger partial charge in [-0.3, -0.25) is 4.98 Å². The van der Waals surface area contributed by atoms with Gasteiger partial charge in [-0.05, 0) is 61.3 Å². The number of hydrogen-bond acceptors (Lipinski definition) is 4. The average Bonchev–Trinajstić information content (AvgIpc) is 3.14. The monoisotopic (exact) mass is 586 g/mol. The molecule has 0 unspecified atom stereocenters. The molecule has 0 saturated heterocycles. The summed E-state index contributed by atoms with van der Waals surface area (Å²) in [4.78, 5) is 19.4. The zero-order valence-electron chi connectivity index (χ0n) is 24.8. The summed E-state index contributed by atoms with van der Waals surface area (Å²) in [6.45, 7) is 0. The van der Waals surface area contributed by atoms with Crippen LogP contribution in [-0.2, 0) is 0 Å². The van der Waals surface area contributed by atoms with E-state index >= 15 is 0 Å². The van der Waals surface area contributed by atoms with Crippen molar-refractivity contribution in [3.63, 3.8) is 0 Å². The van der Waals surface area contributed by atoms with Crippen molar-refractivity contribution >= 4 is 43.1 Å². The first-order valence-corrected chi connectivity index (χ1v) is 15.4. The van der Waals surface area contributed by atoms with Gasteiger partial charge in [-0.2, -0.15) is 0 Å². The molecule has 9 aromatic rings. The molecule has 0 atom stereocenters. The predicted molar refractivity (Wildman–Crippen MR) is 189 cm³/mol. The number of fused-ring (bicyclic) bond motifs is 7. The number of benzene rings is 7. The van der Waals surface area contributed by atoms with Crippen LogP contribution in [0.3, 0.4) is 0 Å². The van der Waals surface area contributed by atoms with Crippen LogP contribution in [0.1, 0.15) is 0 Å². The van der Waals surface area contributed by atoms with E-state index in [0.29, 0.717) is 17.5 Å². The maximum absolute atomic E-state index is 4.88. The van der Waals surface area contributed by atoms with Gasteiger partial charge in [-0.1, -0.05) is 133 Å². The van der Waals surface area contributed by atoms with Crippen LogP contribution in [0.5, 0.6) is 0 Å². The van der Waals surface area contributed by atoms with Gasteiger partial charge in [0.25, 0.3) is 0 Å². The highest BCUT2D eigenvalue weighted by molar-refractivity contribution is 6.24. The molecule has 0 aliphatic carbocycles. The third-order valence-corrected chi connectivity index (χ3v) is 8.74. The summed E-state index contributed by atoms with van der Waals surface area (Å²) in [7, 11) is 0. The molecular formula is C42H26N4. The molecule has 0 spiro atoms. The fourth-order valence-electron chi connectivity index (χ4n) is 6.45. The van der Waals surface area contributed by atoms with E-state index in [1.165, 1.54) is 43.1 Å². The molecule has 4 heteroatoms. The lowest BCUT2D eigenvalue weighted by atomic mass is 9.93. The van der Waals surface area contributed by atoms with Gasteiger partial charge < -0.3 is 0 Å². The summed E-state index contributed by atoms with van der Waals surface area (Å²) >= 11 is 0. The molecule has 0 bridgehead atoms. The Labute approximate surface area is 265 Å². The Hall–Kier alpha value is -6.26. The zero-order valence-corrected chi connectivity index (χ0v) is 24.8. The van der Waals surface area contributed by atoms with Gasteiger partial charge >= 0.3 is 0 Å². The van der Waals surface area contributed by atoms with Crippen LogP contribution in [0.4, 0.5) is 0 Å². The van der Waals surface area contributed by atoms with Gasteiger partial charge in [0.1, 0.15) is 0 Å². The fraction of sp³-hybridized carbons (Fsp3) is 0. The second kappa shape index (κ2) is 10.7. The summed E-state index contributed by atoms with van der Waals surface area (Å²) < 4.78 is 0. The molecule has 0 fully saturated rings. The van der Waals surface area contributed by atoms with Gasteiger partial charge in [-0.15, -0.1) is 0 Å². The first-order valence-electron chi connectivity index (χ1n) is 15.4. The summed E-state index contributed by atoms with van der Waals surface area (Å²) in [5, 5.41) is 10.1. The molecule has 7 aromatic carbocycles. The molecule has 9 rings (SSSR count). The lowest BCUT2D eigenvalue weighted by Crippen LogP contribution is -2.00. The molecule has 214 valence electrons. The number of pyridine rings is 1. The Morgan fingerprint density at radius 3 is 1.61 bits per heavy atom. The first-order chi connectivity index (χ1) is 22.8. The van der Waals surface area contributed by atoms with Gasteiger partial charge in [-0.25, -0.2) is 15.0 Å². The summed E-state index contributed by atoms with van der Waals surface area (Å²) in [6, 6.07) is 52.8. The summed E-state index contributed by atoms with van der Waals surface area (Å²) in [5.74, 6) is 1.86.